The number of rotatable bonds is 6. The summed E-state index contributed by atoms with van der Waals surface area (Å²) in [5.74, 6) is 0. The summed E-state index contributed by atoms with van der Waals surface area (Å²) in [6.07, 6.45) is 2.61. The first-order valence-electron chi connectivity index (χ1n) is 4.27. The predicted octanol–water partition coefficient (Wildman–Crippen LogP) is 3.58. The molecule has 0 saturated carbocycles. The van der Waals surface area contributed by atoms with Gasteiger partial charge in [-0.3, -0.25) is 0 Å². The van der Waals surface area contributed by atoms with E-state index in [1.165, 1.54) is 12.8 Å². The molecule has 0 rings (SSSR count). The highest BCUT2D eigenvalue weighted by atomic mass is 32.6. The fourth-order valence-electron chi connectivity index (χ4n) is 0.359. The molecular formula is C8H18S2Si. The molecule has 0 aliphatic rings. The Bertz CT molecular complexity index is 78.2. The van der Waals surface area contributed by atoms with Gasteiger partial charge in [0.2, 0.25) is 7.82 Å². The van der Waals surface area contributed by atoms with Crippen LogP contribution in [0.4, 0.5) is 0 Å². The second kappa shape index (κ2) is 7.56. The third-order valence-electron chi connectivity index (χ3n) is 1.65. The van der Waals surface area contributed by atoms with Gasteiger partial charge in [-0.1, -0.05) is 27.7 Å². The summed E-state index contributed by atoms with van der Waals surface area (Å²) in [5, 5.41) is 1.70. The standard InChI is InChI=1S/C8H18S2Si/c1-5-7(3)9-11-10-8(4)6-2/h7-8H,5-6H2,1-4H3. The van der Waals surface area contributed by atoms with Crippen molar-refractivity contribution in [3.63, 3.8) is 0 Å². The van der Waals surface area contributed by atoms with Gasteiger partial charge in [0.25, 0.3) is 0 Å². The minimum atomic E-state index is 0.852. The fourth-order valence-corrected chi connectivity index (χ4v) is 6.69. The SMILES string of the molecule is CCC(C)S[Si]SC(C)CC. The first-order valence-corrected chi connectivity index (χ1v) is 8.47. The molecule has 2 atom stereocenters. The second-order valence-electron chi connectivity index (χ2n) is 2.76. The maximum Gasteiger partial charge on any atom is 0.201 e. The van der Waals surface area contributed by atoms with Crippen molar-refractivity contribution < 1.29 is 0 Å². The Morgan fingerprint density at radius 3 is 1.64 bits per heavy atom. The van der Waals surface area contributed by atoms with Gasteiger partial charge in [0.05, 0.1) is 0 Å². The summed E-state index contributed by atoms with van der Waals surface area (Å²) >= 11 is 4.22. The van der Waals surface area contributed by atoms with Crippen molar-refractivity contribution in [3.8, 4) is 0 Å². The molecule has 0 N–H and O–H groups in total. The molecule has 0 spiro atoms. The van der Waals surface area contributed by atoms with Crippen molar-refractivity contribution in [3.05, 3.63) is 0 Å². The molecule has 0 nitrogen and oxygen atoms in total. The maximum absolute atomic E-state index is 2.31. The van der Waals surface area contributed by atoms with Crippen LogP contribution in [-0.2, 0) is 0 Å². The zero-order chi connectivity index (χ0) is 8.69. The van der Waals surface area contributed by atoms with Crippen LogP contribution in [-0.4, -0.2) is 18.3 Å². The van der Waals surface area contributed by atoms with E-state index in [0.29, 0.717) is 0 Å². The van der Waals surface area contributed by atoms with Gasteiger partial charge >= 0.3 is 0 Å². The van der Waals surface area contributed by atoms with Gasteiger partial charge in [-0.15, -0.1) is 0 Å². The molecule has 0 aromatic rings. The lowest BCUT2D eigenvalue weighted by Gasteiger charge is -2.09. The van der Waals surface area contributed by atoms with Crippen molar-refractivity contribution in [2.75, 3.05) is 0 Å². The highest BCUT2D eigenvalue weighted by Crippen LogP contribution is 2.21. The van der Waals surface area contributed by atoms with Gasteiger partial charge in [-0.2, -0.15) is 22.4 Å². The lowest BCUT2D eigenvalue weighted by Crippen LogP contribution is -1.99. The molecule has 11 heavy (non-hydrogen) atoms. The lowest BCUT2D eigenvalue weighted by molar-refractivity contribution is 0.910. The van der Waals surface area contributed by atoms with Crippen molar-refractivity contribution in [1.29, 1.82) is 0 Å². The van der Waals surface area contributed by atoms with Crippen molar-refractivity contribution in [2.24, 2.45) is 0 Å². The van der Waals surface area contributed by atoms with Gasteiger partial charge in [0.15, 0.2) is 0 Å². The quantitative estimate of drug-likeness (QED) is 0.609. The average molecular weight is 206 g/mol. The van der Waals surface area contributed by atoms with E-state index in [2.05, 4.69) is 50.1 Å². The molecule has 0 bridgehead atoms. The van der Waals surface area contributed by atoms with Crippen LogP contribution in [0.25, 0.3) is 0 Å². The summed E-state index contributed by atoms with van der Waals surface area (Å²) in [6, 6.07) is 0. The zero-order valence-corrected chi connectivity index (χ0v) is 10.5. The highest BCUT2D eigenvalue weighted by molar-refractivity contribution is 8.50. The molecule has 2 radical (unpaired) electrons. The van der Waals surface area contributed by atoms with Crippen LogP contribution < -0.4 is 0 Å². The summed E-state index contributed by atoms with van der Waals surface area (Å²) in [5.41, 5.74) is 0. The van der Waals surface area contributed by atoms with E-state index in [9.17, 15) is 0 Å². The van der Waals surface area contributed by atoms with Crippen molar-refractivity contribution >= 4 is 30.2 Å². The Morgan fingerprint density at radius 2 is 1.36 bits per heavy atom. The summed E-state index contributed by atoms with van der Waals surface area (Å²) in [6.45, 7) is 9.15. The summed E-state index contributed by atoms with van der Waals surface area (Å²) in [7, 11) is 1.04. The van der Waals surface area contributed by atoms with Crippen LogP contribution in [0.1, 0.15) is 40.5 Å². The minimum absolute atomic E-state index is 0.852. The molecule has 66 valence electrons. The molecular weight excluding hydrogens is 188 g/mol. The molecule has 0 aliphatic carbocycles. The molecule has 0 aromatic heterocycles. The van der Waals surface area contributed by atoms with Gasteiger partial charge < -0.3 is 0 Å². The Morgan fingerprint density at radius 1 is 1.00 bits per heavy atom. The third-order valence-corrected chi connectivity index (χ3v) is 8.04. The van der Waals surface area contributed by atoms with Crippen molar-refractivity contribution in [2.45, 2.75) is 51.0 Å². The second-order valence-corrected chi connectivity index (χ2v) is 8.42. The fraction of sp³-hybridized carbons (Fsp3) is 1.00. The lowest BCUT2D eigenvalue weighted by atomic mass is 10.4. The van der Waals surface area contributed by atoms with Crippen LogP contribution in [0, 0.1) is 0 Å². The van der Waals surface area contributed by atoms with E-state index in [0.717, 1.165) is 18.3 Å². The Labute approximate surface area is 81.4 Å². The van der Waals surface area contributed by atoms with E-state index in [1.807, 2.05) is 0 Å². The van der Waals surface area contributed by atoms with Gasteiger partial charge in [0.1, 0.15) is 0 Å². The number of hydrogen-bond acceptors (Lipinski definition) is 2. The van der Waals surface area contributed by atoms with E-state index in [-0.39, 0.29) is 0 Å². The number of hydrogen-bond donors (Lipinski definition) is 0. The van der Waals surface area contributed by atoms with Gasteiger partial charge in [-0.25, -0.2) is 0 Å². The van der Waals surface area contributed by atoms with Crippen LogP contribution in [0.2, 0.25) is 0 Å². The van der Waals surface area contributed by atoms with Crippen LogP contribution >= 0.6 is 22.4 Å². The van der Waals surface area contributed by atoms with E-state index >= 15 is 0 Å². The highest BCUT2D eigenvalue weighted by Gasteiger charge is 2.03. The van der Waals surface area contributed by atoms with Crippen molar-refractivity contribution in [1.82, 2.24) is 0 Å². The molecule has 0 fully saturated rings. The van der Waals surface area contributed by atoms with Crippen LogP contribution in [0.15, 0.2) is 0 Å². The monoisotopic (exact) mass is 206 g/mol. The topological polar surface area (TPSA) is 0 Å². The van der Waals surface area contributed by atoms with Gasteiger partial charge in [0, 0.05) is 0 Å². The van der Waals surface area contributed by atoms with Crippen LogP contribution in [0.3, 0.4) is 0 Å². The normalized spacial score (nSPS) is 16.4. The average Bonchev–Trinajstić information content (AvgIpc) is 2.04. The molecule has 2 unspecified atom stereocenters. The smallest absolute Gasteiger partial charge is 0.172 e. The maximum atomic E-state index is 2.31. The first kappa shape index (κ1) is 11.9. The van der Waals surface area contributed by atoms with E-state index in [1.54, 1.807) is 0 Å². The Kier molecular flexibility index (Phi) is 8.19. The Hall–Kier alpha value is 0.917. The minimum Gasteiger partial charge on any atom is -0.172 e. The summed E-state index contributed by atoms with van der Waals surface area (Å²) < 4.78 is 0. The first-order chi connectivity index (χ1) is 5.20. The molecule has 0 aliphatic heterocycles. The third kappa shape index (κ3) is 7.28. The predicted molar refractivity (Wildman–Crippen MR) is 60.4 cm³/mol. The van der Waals surface area contributed by atoms with Gasteiger partial charge in [-0.05, 0) is 23.3 Å². The summed E-state index contributed by atoms with van der Waals surface area (Å²) in [4.78, 5) is 0. The Balaban J connectivity index is 3.13. The molecule has 0 amide bonds. The largest absolute Gasteiger partial charge is 0.201 e. The zero-order valence-electron chi connectivity index (χ0n) is 7.89. The molecule has 0 aromatic carbocycles. The van der Waals surface area contributed by atoms with E-state index in [4.69, 9.17) is 0 Å². The van der Waals surface area contributed by atoms with Crippen LogP contribution in [0.5, 0.6) is 0 Å². The molecule has 3 heteroatoms. The molecule has 0 saturated heterocycles. The molecule has 0 heterocycles. The van der Waals surface area contributed by atoms with E-state index < -0.39 is 0 Å².